The van der Waals surface area contributed by atoms with Crippen LogP contribution >= 0.6 is 0 Å². The number of allylic oxidation sites excluding steroid dienone is 2. The zero-order valence-corrected chi connectivity index (χ0v) is 41.6. The molecule has 0 heterocycles. The van der Waals surface area contributed by atoms with Gasteiger partial charge in [0.1, 0.15) is 23.0 Å². The third kappa shape index (κ3) is 8.73. The smallest absolute Gasteiger partial charge is 0.139 e. The van der Waals surface area contributed by atoms with Gasteiger partial charge in [-0.15, -0.1) is 0 Å². The number of hydrogen-bond donors (Lipinski definition) is 4. The van der Waals surface area contributed by atoms with Crippen LogP contribution in [0.1, 0.15) is 33.4 Å². The first-order chi connectivity index (χ1) is 36.0. The van der Waals surface area contributed by atoms with E-state index in [9.17, 15) is 20.4 Å². The summed E-state index contributed by atoms with van der Waals surface area (Å²) in [5, 5.41) is 47.1. The fourth-order valence-corrected chi connectivity index (χ4v) is 10.3. The highest BCUT2D eigenvalue weighted by molar-refractivity contribution is 6.08. The normalized spacial score (nSPS) is 12.2. The molecule has 11 rings (SSSR count). The van der Waals surface area contributed by atoms with E-state index in [-0.39, 0.29) is 45.3 Å². The van der Waals surface area contributed by atoms with Gasteiger partial charge in [-0.3, -0.25) is 0 Å². The molecule has 74 heavy (non-hydrogen) atoms. The fourth-order valence-electron chi connectivity index (χ4n) is 10.3. The lowest BCUT2D eigenvalue weighted by Gasteiger charge is -2.29. The molecule has 0 saturated carbocycles. The van der Waals surface area contributed by atoms with Gasteiger partial charge >= 0.3 is 0 Å². The summed E-state index contributed by atoms with van der Waals surface area (Å²) in [5.41, 5.74) is 19.3. The SMILES string of the molecule is Cc1ccccc1-c1ccc(N(c2ccc(-c3ccccc3C)cc2)c2ccc(C3=C(O)C(c4ccc(N(c5ccc(-c6ccccc6C)cc5)c5ccc(-c6ccccc6C)cc5)cc4O)=C3O)c(O)c2)cc1. The summed E-state index contributed by atoms with van der Waals surface area (Å²) in [7, 11) is 0. The highest BCUT2D eigenvalue weighted by Gasteiger charge is 2.35. The number of rotatable bonds is 12. The van der Waals surface area contributed by atoms with Crippen LogP contribution in [0.2, 0.25) is 0 Å². The molecular formula is C68H54N2O4. The van der Waals surface area contributed by atoms with Crippen molar-refractivity contribution in [2.24, 2.45) is 0 Å². The van der Waals surface area contributed by atoms with Crippen molar-refractivity contribution in [3.63, 3.8) is 0 Å². The fraction of sp³-hybridized carbons (Fsp3) is 0.0588. The third-order valence-electron chi connectivity index (χ3n) is 14.3. The predicted molar refractivity (Wildman–Crippen MR) is 305 cm³/mol. The molecule has 0 spiro atoms. The third-order valence-corrected chi connectivity index (χ3v) is 14.3. The van der Waals surface area contributed by atoms with Gasteiger partial charge in [-0.2, -0.15) is 0 Å². The first kappa shape index (κ1) is 46.8. The lowest BCUT2D eigenvalue weighted by atomic mass is 9.83. The Morgan fingerprint density at radius 1 is 0.243 bits per heavy atom. The van der Waals surface area contributed by atoms with Gasteiger partial charge in [-0.05, 0) is 167 Å². The summed E-state index contributed by atoms with van der Waals surface area (Å²) >= 11 is 0. The molecule has 10 aromatic carbocycles. The van der Waals surface area contributed by atoms with Crippen molar-refractivity contribution in [1.29, 1.82) is 0 Å². The zero-order chi connectivity index (χ0) is 51.0. The number of benzene rings is 10. The van der Waals surface area contributed by atoms with E-state index in [1.807, 2.05) is 60.7 Å². The van der Waals surface area contributed by atoms with Gasteiger partial charge in [0.05, 0.1) is 11.1 Å². The van der Waals surface area contributed by atoms with Crippen molar-refractivity contribution in [1.82, 2.24) is 0 Å². The quantitative estimate of drug-likeness (QED) is 0.0976. The lowest BCUT2D eigenvalue weighted by molar-refractivity contribution is 0.386. The molecule has 0 bridgehead atoms. The summed E-state index contributed by atoms with van der Waals surface area (Å²) in [6.07, 6.45) is 0. The van der Waals surface area contributed by atoms with Crippen molar-refractivity contribution in [2.75, 3.05) is 9.80 Å². The van der Waals surface area contributed by atoms with Crippen molar-refractivity contribution in [3.05, 3.63) is 275 Å². The number of hydrogen-bond acceptors (Lipinski definition) is 6. The topological polar surface area (TPSA) is 87.4 Å². The van der Waals surface area contributed by atoms with Crippen LogP contribution in [0.5, 0.6) is 11.5 Å². The molecule has 0 aromatic heterocycles. The van der Waals surface area contributed by atoms with Gasteiger partial charge in [0, 0.05) is 57.4 Å². The second kappa shape index (κ2) is 19.6. The van der Waals surface area contributed by atoms with E-state index in [0.717, 1.165) is 67.3 Å². The minimum Gasteiger partial charge on any atom is -0.507 e. The molecule has 0 aliphatic heterocycles. The summed E-state index contributed by atoms with van der Waals surface area (Å²) in [6.45, 7) is 8.43. The Kier molecular flexibility index (Phi) is 12.4. The Hall–Kier alpha value is -9.52. The first-order valence-electron chi connectivity index (χ1n) is 24.8. The minimum absolute atomic E-state index is 0.0911. The largest absolute Gasteiger partial charge is 0.507 e. The van der Waals surface area contributed by atoms with Crippen LogP contribution < -0.4 is 9.80 Å². The van der Waals surface area contributed by atoms with Crippen LogP contribution in [0, 0.1) is 27.7 Å². The second-order valence-corrected chi connectivity index (χ2v) is 19.0. The summed E-state index contributed by atoms with van der Waals surface area (Å²) in [6, 6.07) is 77.1. The van der Waals surface area contributed by atoms with E-state index in [2.05, 4.69) is 183 Å². The molecule has 0 amide bonds. The van der Waals surface area contributed by atoms with Crippen molar-refractivity contribution >= 4 is 45.3 Å². The average Bonchev–Trinajstić information content (AvgIpc) is 3.42. The first-order valence-corrected chi connectivity index (χ1v) is 24.8. The standard InChI is InChI=1S/C68H54N2O4/c1-43-13-5-9-17-57(43)47-21-29-51(30-22-47)69(52-31-23-48(24-32-52)58-18-10-6-14-44(58)2)55-37-39-61(63(71)41-55)65-67(73)66(68(65)74)62-40-38-56(42-64(62)72)70(53-33-25-49(26-34-53)59-19-11-7-15-45(59)3)54-35-27-50(28-36-54)60-20-12-8-16-46(60)4/h5-42,71-74H,1-4H3. The Bertz CT molecular complexity index is 3360. The van der Waals surface area contributed by atoms with Gasteiger partial charge in [0.2, 0.25) is 0 Å². The van der Waals surface area contributed by atoms with Gasteiger partial charge in [0.15, 0.2) is 0 Å². The van der Waals surface area contributed by atoms with E-state index in [1.165, 1.54) is 22.3 Å². The van der Waals surface area contributed by atoms with E-state index < -0.39 is 0 Å². The molecule has 0 fully saturated rings. The van der Waals surface area contributed by atoms with Gasteiger partial charge in [-0.1, -0.05) is 146 Å². The number of aryl methyl sites for hydroxylation is 4. The molecule has 4 N–H and O–H groups in total. The van der Waals surface area contributed by atoms with Crippen LogP contribution in [0.4, 0.5) is 34.1 Å². The van der Waals surface area contributed by atoms with Gasteiger partial charge < -0.3 is 30.2 Å². The number of anilines is 6. The van der Waals surface area contributed by atoms with E-state index in [1.54, 1.807) is 24.3 Å². The molecule has 1 aliphatic rings. The van der Waals surface area contributed by atoms with Crippen molar-refractivity contribution in [2.45, 2.75) is 27.7 Å². The monoisotopic (exact) mass is 962 g/mol. The molecule has 6 heteroatoms. The van der Waals surface area contributed by atoms with Crippen LogP contribution in [0.25, 0.3) is 55.7 Å². The number of phenols is 2. The van der Waals surface area contributed by atoms with Crippen LogP contribution in [0.15, 0.2) is 242 Å². The van der Waals surface area contributed by atoms with Gasteiger partial charge in [-0.25, -0.2) is 0 Å². The molecule has 1 aliphatic carbocycles. The molecule has 6 nitrogen and oxygen atoms in total. The molecule has 0 unspecified atom stereocenters. The Morgan fingerprint density at radius 2 is 0.473 bits per heavy atom. The van der Waals surface area contributed by atoms with Gasteiger partial charge in [0.25, 0.3) is 0 Å². The molecule has 0 radical (unpaired) electrons. The lowest BCUT2D eigenvalue weighted by Crippen LogP contribution is -2.13. The van der Waals surface area contributed by atoms with E-state index in [4.69, 9.17) is 0 Å². The number of aliphatic hydroxyl groups is 2. The van der Waals surface area contributed by atoms with E-state index >= 15 is 0 Å². The Morgan fingerprint density at radius 3 is 0.703 bits per heavy atom. The number of phenolic OH excluding ortho intramolecular Hbond substituents is 2. The number of nitrogens with zero attached hydrogens (tertiary/aromatic N) is 2. The van der Waals surface area contributed by atoms with Crippen LogP contribution in [0.3, 0.4) is 0 Å². The molecule has 10 aromatic rings. The van der Waals surface area contributed by atoms with Crippen molar-refractivity contribution in [3.8, 4) is 56.0 Å². The predicted octanol–water partition coefficient (Wildman–Crippen LogP) is 18.2. The molecular weight excluding hydrogens is 909 g/mol. The van der Waals surface area contributed by atoms with Crippen LogP contribution in [-0.2, 0) is 0 Å². The molecule has 360 valence electrons. The number of aromatic hydroxyl groups is 2. The highest BCUT2D eigenvalue weighted by Crippen LogP contribution is 2.51. The average molecular weight is 963 g/mol. The summed E-state index contributed by atoms with van der Waals surface area (Å²) < 4.78 is 0. The second-order valence-electron chi connectivity index (χ2n) is 19.0. The van der Waals surface area contributed by atoms with E-state index in [0.29, 0.717) is 11.4 Å². The summed E-state index contributed by atoms with van der Waals surface area (Å²) in [4.78, 5) is 4.14. The minimum atomic E-state index is -0.237. The molecule has 0 saturated heterocycles. The Labute approximate surface area is 432 Å². The highest BCUT2D eigenvalue weighted by atomic mass is 16.3. The maximum atomic E-state index is 11.8. The maximum Gasteiger partial charge on any atom is 0.139 e. The maximum absolute atomic E-state index is 11.8. The zero-order valence-electron chi connectivity index (χ0n) is 41.6. The van der Waals surface area contributed by atoms with Crippen molar-refractivity contribution < 1.29 is 20.4 Å². The Balaban J connectivity index is 0.911. The van der Waals surface area contributed by atoms with Crippen LogP contribution in [-0.4, -0.2) is 20.4 Å². The molecule has 0 atom stereocenters. The number of aliphatic hydroxyl groups excluding tert-OH is 2. The summed E-state index contributed by atoms with van der Waals surface area (Å²) in [5.74, 6) is -0.742.